The Kier molecular flexibility index (Phi) is 5.69. The van der Waals surface area contributed by atoms with E-state index >= 15 is 0 Å². The van der Waals surface area contributed by atoms with E-state index in [0.717, 1.165) is 55.1 Å². The van der Waals surface area contributed by atoms with Crippen molar-refractivity contribution in [3.8, 4) is 0 Å². The summed E-state index contributed by atoms with van der Waals surface area (Å²) in [6, 6.07) is 13.1. The highest BCUT2D eigenvalue weighted by molar-refractivity contribution is 6.15. The number of rotatable bonds is 4. The van der Waals surface area contributed by atoms with Gasteiger partial charge in [-0.25, -0.2) is 0 Å². The number of hydrogen-bond donors (Lipinski definition) is 0. The molecule has 35 heavy (non-hydrogen) atoms. The summed E-state index contributed by atoms with van der Waals surface area (Å²) in [6.07, 6.45) is 6.45. The second-order valence-corrected chi connectivity index (χ2v) is 10.2. The first-order chi connectivity index (χ1) is 17.0. The van der Waals surface area contributed by atoms with E-state index in [-0.39, 0.29) is 11.9 Å². The van der Waals surface area contributed by atoms with Crippen LogP contribution in [0.2, 0.25) is 0 Å². The molecule has 1 fully saturated rings. The highest BCUT2D eigenvalue weighted by atomic mass is 16.2. The van der Waals surface area contributed by atoms with E-state index < -0.39 is 0 Å². The lowest BCUT2D eigenvalue weighted by Crippen LogP contribution is -2.51. The molecule has 1 aromatic carbocycles. The minimum absolute atomic E-state index is 0.249. The molecule has 6 heteroatoms. The van der Waals surface area contributed by atoms with Gasteiger partial charge in [0.25, 0.3) is 0 Å². The van der Waals surface area contributed by atoms with Gasteiger partial charge in [-0.2, -0.15) is 0 Å². The number of pyridine rings is 2. The predicted octanol–water partition coefficient (Wildman–Crippen LogP) is 3.99. The van der Waals surface area contributed by atoms with Gasteiger partial charge in [0.15, 0.2) is 0 Å². The summed E-state index contributed by atoms with van der Waals surface area (Å²) in [6.45, 7) is 8.25. The Morgan fingerprint density at radius 2 is 1.94 bits per heavy atom. The summed E-state index contributed by atoms with van der Waals surface area (Å²) in [5.41, 5.74) is 10.3. The van der Waals surface area contributed by atoms with Gasteiger partial charge in [-0.3, -0.25) is 24.7 Å². The van der Waals surface area contributed by atoms with Gasteiger partial charge < -0.3 is 4.90 Å². The fraction of sp³-hybridized carbons (Fsp3) is 0.379. The third-order valence-electron chi connectivity index (χ3n) is 7.54. The quantitative estimate of drug-likeness (QED) is 0.585. The second-order valence-electron chi connectivity index (χ2n) is 10.2. The SMILES string of the molecule is Cc1ccc(CN2CCC[C@@H](N3Cc4cc5c(cc4CC3=O)CN=C5c3ccnc(C)c3)C2)nc1. The van der Waals surface area contributed by atoms with E-state index in [1.165, 1.54) is 27.8 Å². The van der Waals surface area contributed by atoms with Gasteiger partial charge in [0, 0.05) is 54.9 Å². The monoisotopic (exact) mass is 465 g/mol. The van der Waals surface area contributed by atoms with Crippen LogP contribution in [0.3, 0.4) is 0 Å². The second kappa shape index (κ2) is 9.00. The molecule has 0 spiro atoms. The first kappa shape index (κ1) is 22.1. The lowest BCUT2D eigenvalue weighted by molar-refractivity contribution is -0.135. The Hall–Kier alpha value is -3.38. The first-order valence-electron chi connectivity index (χ1n) is 12.6. The number of aryl methyl sites for hydroxylation is 2. The summed E-state index contributed by atoms with van der Waals surface area (Å²) in [4.78, 5) is 31.6. The highest BCUT2D eigenvalue weighted by Crippen LogP contribution is 2.32. The van der Waals surface area contributed by atoms with Gasteiger partial charge in [0.1, 0.15) is 0 Å². The molecule has 6 nitrogen and oxygen atoms in total. The Balaban J connectivity index is 1.21. The third kappa shape index (κ3) is 4.39. The van der Waals surface area contributed by atoms with Crippen LogP contribution in [-0.4, -0.2) is 50.5 Å². The minimum Gasteiger partial charge on any atom is -0.334 e. The zero-order valence-electron chi connectivity index (χ0n) is 20.5. The maximum Gasteiger partial charge on any atom is 0.227 e. The topological polar surface area (TPSA) is 61.7 Å². The maximum atomic E-state index is 13.2. The molecule has 0 N–H and O–H groups in total. The van der Waals surface area contributed by atoms with Crippen molar-refractivity contribution in [2.24, 2.45) is 4.99 Å². The van der Waals surface area contributed by atoms with E-state index in [4.69, 9.17) is 4.99 Å². The van der Waals surface area contributed by atoms with Gasteiger partial charge in [0.2, 0.25) is 5.91 Å². The highest BCUT2D eigenvalue weighted by Gasteiger charge is 2.33. The summed E-state index contributed by atoms with van der Waals surface area (Å²) in [5.74, 6) is 0.252. The number of aliphatic imine (C=N–C) groups is 1. The van der Waals surface area contributed by atoms with Gasteiger partial charge in [-0.15, -0.1) is 0 Å². The van der Waals surface area contributed by atoms with Gasteiger partial charge >= 0.3 is 0 Å². The summed E-state index contributed by atoms with van der Waals surface area (Å²) in [5, 5.41) is 0. The fourth-order valence-electron chi connectivity index (χ4n) is 5.71. The molecule has 1 atom stereocenters. The molecule has 0 bridgehead atoms. The summed E-state index contributed by atoms with van der Waals surface area (Å²) < 4.78 is 0. The lowest BCUT2D eigenvalue weighted by atomic mass is 9.90. The number of aromatic nitrogens is 2. The van der Waals surface area contributed by atoms with E-state index in [2.05, 4.69) is 57.0 Å². The van der Waals surface area contributed by atoms with Crippen molar-refractivity contribution in [1.82, 2.24) is 19.8 Å². The van der Waals surface area contributed by atoms with Gasteiger partial charge in [0.05, 0.1) is 24.4 Å². The molecule has 3 aliphatic heterocycles. The Labute approximate surface area is 206 Å². The average molecular weight is 466 g/mol. The van der Waals surface area contributed by atoms with Crippen molar-refractivity contribution in [3.63, 3.8) is 0 Å². The average Bonchev–Trinajstić information content (AvgIpc) is 3.26. The lowest BCUT2D eigenvalue weighted by Gasteiger charge is -2.41. The van der Waals surface area contributed by atoms with Gasteiger partial charge in [-0.1, -0.05) is 12.1 Å². The smallest absolute Gasteiger partial charge is 0.227 e. The summed E-state index contributed by atoms with van der Waals surface area (Å²) >= 11 is 0. The minimum atomic E-state index is 0.249. The molecule has 0 aliphatic carbocycles. The van der Waals surface area contributed by atoms with Crippen LogP contribution in [0.15, 0.2) is 53.8 Å². The third-order valence-corrected chi connectivity index (χ3v) is 7.54. The normalized spacial score (nSPS) is 19.9. The van der Waals surface area contributed by atoms with Crippen LogP contribution in [0.4, 0.5) is 0 Å². The molecule has 3 aromatic rings. The zero-order chi connectivity index (χ0) is 23.9. The standard InChI is InChI=1S/C29H31N5O/c1-19-5-6-25(31-14-19)17-33-9-3-4-26(18-33)34-16-24-12-27-23(11-22(24)13-28(34)35)15-32-29(27)21-7-8-30-20(2)10-21/h5-8,10-12,14,26H,3-4,9,13,15-18H2,1-2H3/t26-/m1/s1. The summed E-state index contributed by atoms with van der Waals surface area (Å²) in [7, 11) is 0. The van der Waals surface area contributed by atoms with Crippen LogP contribution < -0.4 is 0 Å². The Bertz CT molecular complexity index is 1310. The molecule has 0 saturated carbocycles. The van der Waals surface area contributed by atoms with Crippen molar-refractivity contribution >= 4 is 11.6 Å². The number of likely N-dealkylation sites (tertiary alicyclic amines) is 1. The number of benzene rings is 1. The number of carbonyl (C=O) groups is 1. The largest absolute Gasteiger partial charge is 0.334 e. The molecule has 178 valence electrons. The number of carbonyl (C=O) groups excluding carboxylic acids is 1. The van der Waals surface area contributed by atoms with Crippen LogP contribution in [0.5, 0.6) is 0 Å². The van der Waals surface area contributed by atoms with Crippen LogP contribution in [0.25, 0.3) is 0 Å². The molecule has 6 rings (SSSR count). The van der Waals surface area contributed by atoms with Crippen LogP contribution in [0.1, 0.15) is 57.6 Å². The molecule has 1 amide bonds. The Morgan fingerprint density at radius 1 is 1.03 bits per heavy atom. The first-order valence-corrected chi connectivity index (χ1v) is 12.6. The number of hydrogen-bond acceptors (Lipinski definition) is 5. The van der Waals surface area contributed by atoms with Crippen molar-refractivity contribution in [3.05, 3.63) is 93.6 Å². The zero-order valence-corrected chi connectivity index (χ0v) is 20.5. The molecule has 0 radical (unpaired) electrons. The van der Waals surface area contributed by atoms with E-state index in [9.17, 15) is 4.79 Å². The van der Waals surface area contributed by atoms with Crippen molar-refractivity contribution < 1.29 is 4.79 Å². The van der Waals surface area contributed by atoms with Crippen molar-refractivity contribution in [2.75, 3.05) is 13.1 Å². The number of fused-ring (bicyclic) bond motifs is 2. The molecule has 5 heterocycles. The number of nitrogens with zero attached hydrogens (tertiary/aromatic N) is 5. The molecule has 1 saturated heterocycles. The number of amides is 1. The van der Waals surface area contributed by atoms with Crippen molar-refractivity contribution in [2.45, 2.75) is 58.8 Å². The van der Waals surface area contributed by atoms with Crippen LogP contribution in [0, 0.1) is 13.8 Å². The van der Waals surface area contributed by atoms with E-state index in [1.807, 2.05) is 25.4 Å². The van der Waals surface area contributed by atoms with Gasteiger partial charge in [-0.05, 0) is 79.8 Å². The number of piperidine rings is 1. The van der Waals surface area contributed by atoms with E-state index in [1.54, 1.807) is 0 Å². The molecule has 2 aromatic heterocycles. The Morgan fingerprint density at radius 3 is 2.77 bits per heavy atom. The van der Waals surface area contributed by atoms with Crippen LogP contribution >= 0.6 is 0 Å². The predicted molar refractivity (Wildman–Crippen MR) is 136 cm³/mol. The molecular weight excluding hydrogens is 434 g/mol. The van der Waals surface area contributed by atoms with Crippen LogP contribution in [-0.2, 0) is 30.8 Å². The van der Waals surface area contributed by atoms with Crippen molar-refractivity contribution in [1.29, 1.82) is 0 Å². The molecule has 3 aliphatic rings. The molecular formula is C29H31N5O. The maximum absolute atomic E-state index is 13.2. The molecule has 0 unspecified atom stereocenters. The van der Waals surface area contributed by atoms with E-state index in [0.29, 0.717) is 19.5 Å². The fourth-order valence-corrected chi connectivity index (χ4v) is 5.71.